The van der Waals surface area contributed by atoms with Crippen molar-refractivity contribution in [1.29, 1.82) is 0 Å². The van der Waals surface area contributed by atoms with E-state index in [2.05, 4.69) is 19.9 Å². The van der Waals surface area contributed by atoms with Gasteiger partial charge in [0.2, 0.25) is 17.6 Å². The molecule has 216 valence electrons. The molecular formula is C28H24F3N7O4. The van der Waals surface area contributed by atoms with E-state index < -0.39 is 36.6 Å². The van der Waals surface area contributed by atoms with Crippen LogP contribution in [-0.2, 0) is 17.5 Å². The number of nitrogens with zero attached hydrogens (tertiary/aromatic N) is 6. The minimum Gasteiger partial charge on any atom is -0.480 e. The van der Waals surface area contributed by atoms with Crippen molar-refractivity contribution in [3.8, 4) is 17.1 Å². The lowest BCUT2D eigenvalue weighted by Crippen LogP contribution is -2.53. The number of halogens is 3. The molecule has 0 radical (unpaired) electrons. The maximum Gasteiger partial charge on any atom is 0.449 e. The van der Waals surface area contributed by atoms with Crippen molar-refractivity contribution in [2.24, 2.45) is 0 Å². The number of aromatic nitrogens is 5. The number of hydrogen-bond acceptors (Lipinski definition) is 6. The molecule has 11 nitrogen and oxygen atoms in total. The Labute approximate surface area is 236 Å². The number of benzene rings is 2. The second-order valence-electron chi connectivity index (χ2n) is 9.76. The second-order valence-corrected chi connectivity index (χ2v) is 9.76. The van der Waals surface area contributed by atoms with Crippen molar-refractivity contribution in [1.82, 2.24) is 34.3 Å². The van der Waals surface area contributed by atoms with E-state index in [1.54, 1.807) is 12.1 Å². The van der Waals surface area contributed by atoms with Crippen molar-refractivity contribution in [3.05, 3.63) is 72.4 Å². The van der Waals surface area contributed by atoms with Crippen LogP contribution < -0.4 is 4.74 Å². The number of H-pyrrole nitrogens is 1. The highest BCUT2D eigenvalue weighted by Crippen LogP contribution is 2.34. The van der Waals surface area contributed by atoms with Crippen molar-refractivity contribution < 1.29 is 32.6 Å². The van der Waals surface area contributed by atoms with Crippen molar-refractivity contribution in [2.45, 2.75) is 18.8 Å². The van der Waals surface area contributed by atoms with Gasteiger partial charge >= 0.3 is 12.3 Å². The Bertz CT molecular complexity index is 1820. The van der Waals surface area contributed by atoms with Crippen molar-refractivity contribution in [2.75, 3.05) is 26.7 Å². The monoisotopic (exact) mass is 579 g/mol. The van der Waals surface area contributed by atoms with E-state index in [-0.39, 0.29) is 36.5 Å². The number of piperazine rings is 1. The Balaban J connectivity index is 1.36. The molecule has 0 saturated carbocycles. The van der Waals surface area contributed by atoms with Crippen LogP contribution in [0.1, 0.15) is 17.7 Å². The van der Waals surface area contributed by atoms with Gasteiger partial charge in [-0.1, -0.05) is 30.3 Å². The Morgan fingerprint density at radius 1 is 1.07 bits per heavy atom. The maximum atomic E-state index is 13.9. The lowest BCUT2D eigenvalue weighted by molar-refractivity contribution is -0.148. The van der Waals surface area contributed by atoms with Crippen LogP contribution >= 0.6 is 0 Å². The summed E-state index contributed by atoms with van der Waals surface area (Å²) in [5.74, 6) is -1.22. The van der Waals surface area contributed by atoms with Crippen molar-refractivity contribution in [3.63, 3.8) is 0 Å². The van der Waals surface area contributed by atoms with E-state index in [4.69, 9.17) is 4.74 Å². The van der Waals surface area contributed by atoms with Crippen LogP contribution in [-0.4, -0.2) is 78.2 Å². The van der Waals surface area contributed by atoms with E-state index in [9.17, 15) is 27.9 Å². The molecule has 2 aromatic carbocycles. The number of hydrogen-bond donors (Lipinski definition) is 2. The van der Waals surface area contributed by atoms with Gasteiger partial charge in [0.05, 0.1) is 47.7 Å². The third-order valence-electron chi connectivity index (χ3n) is 7.26. The van der Waals surface area contributed by atoms with Gasteiger partial charge in [0.25, 0.3) is 0 Å². The number of imidazole rings is 2. The molecule has 4 heterocycles. The number of methoxy groups -OCH3 is 1. The highest BCUT2D eigenvalue weighted by atomic mass is 19.4. The predicted molar refractivity (Wildman–Crippen MR) is 145 cm³/mol. The number of aromatic amines is 1. The van der Waals surface area contributed by atoms with E-state index in [1.807, 2.05) is 30.3 Å². The molecule has 0 spiro atoms. The molecular weight excluding hydrogens is 555 g/mol. The van der Waals surface area contributed by atoms with Gasteiger partial charge < -0.3 is 29.2 Å². The minimum atomic E-state index is -4.79. The number of rotatable bonds is 5. The van der Waals surface area contributed by atoms with Crippen LogP contribution in [0.15, 0.2) is 60.8 Å². The summed E-state index contributed by atoms with van der Waals surface area (Å²) < 4.78 is 48.0. The smallest absolute Gasteiger partial charge is 0.449 e. The first kappa shape index (κ1) is 27.1. The molecule has 6 rings (SSSR count). The zero-order chi connectivity index (χ0) is 29.6. The Morgan fingerprint density at radius 2 is 1.81 bits per heavy atom. The molecule has 1 aliphatic heterocycles. The topological polar surface area (TPSA) is 129 Å². The molecule has 2 N–H and O–H groups in total. The summed E-state index contributed by atoms with van der Waals surface area (Å²) in [6, 6.07) is 14.5. The molecule has 0 unspecified atom stereocenters. The minimum absolute atomic E-state index is 0.00956. The first-order valence-electron chi connectivity index (χ1n) is 12.9. The molecule has 1 atom stereocenters. The van der Waals surface area contributed by atoms with E-state index in [1.165, 1.54) is 30.3 Å². The van der Waals surface area contributed by atoms with Gasteiger partial charge in [-0.15, -0.1) is 0 Å². The lowest BCUT2D eigenvalue weighted by atomic mass is 10.1. The Kier molecular flexibility index (Phi) is 6.67. The number of pyridine rings is 1. The van der Waals surface area contributed by atoms with Gasteiger partial charge in [0.1, 0.15) is 18.4 Å². The van der Waals surface area contributed by atoms with Gasteiger partial charge in [-0.25, -0.2) is 19.7 Å². The quantitative estimate of drug-likeness (QED) is 0.312. The summed E-state index contributed by atoms with van der Waals surface area (Å²) in [4.78, 5) is 43.8. The largest absolute Gasteiger partial charge is 0.480 e. The fourth-order valence-corrected chi connectivity index (χ4v) is 5.26. The highest BCUT2D eigenvalue weighted by Gasteiger charge is 2.40. The van der Waals surface area contributed by atoms with Crippen LogP contribution in [0.2, 0.25) is 0 Å². The van der Waals surface area contributed by atoms with Gasteiger partial charge in [-0.3, -0.25) is 4.79 Å². The average Bonchev–Trinajstić information content (AvgIpc) is 3.62. The van der Waals surface area contributed by atoms with E-state index in [0.29, 0.717) is 17.1 Å². The average molecular weight is 580 g/mol. The standard InChI is InChI=1S/C28H24F3N7O4/c1-42-25-17(12-16-6-2-3-7-18(16)34-25)20-13-32-24(33-20)22-14-36(27(40)41)10-11-37(22)23(39)15-38-21-9-5-4-8-19(21)35-26(38)28(29,30)31/h2-9,12-13,22H,10-11,14-15H2,1H3,(H,32,33)(H,40,41)/t22-/m0/s1. The zero-order valence-electron chi connectivity index (χ0n) is 22.2. The Morgan fingerprint density at radius 3 is 2.55 bits per heavy atom. The van der Waals surface area contributed by atoms with Crippen LogP contribution in [0.4, 0.5) is 18.0 Å². The summed E-state index contributed by atoms with van der Waals surface area (Å²) in [6.45, 7) is -0.822. The fourth-order valence-electron chi connectivity index (χ4n) is 5.26. The number of carbonyl (C=O) groups excluding carboxylic acids is 1. The van der Waals surface area contributed by atoms with Crippen LogP contribution in [0.5, 0.6) is 5.88 Å². The molecule has 0 aliphatic carbocycles. The van der Waals surface area contributed by atoms with E-state index >= 15 is 0 Å². The molecule has 1 aliphatic rings. The van der Waals surface area contributed by atoms with E-state index in [0.717, 1.165) is 20.4 Å². The molecule has 3 aromatic heterocycles. The number of para-hydroxylation sites is 3. The predicted octanol–water partition coefficient (Wildman–Crippen LogP) is 4.57. The lowest BCUT2D eigenvalue weighted by Gasteiger charge is -2.39. The summed E-state index contributed by atoms with van der Waals surface area (Å²) in [5, 5.41) is 10.5. The first-order valence-corrected chi connectivity index (χ1v) is 12.9. The number of amides is 2. The second kappa shape index (κ2) is 10.4. The van der Waals surface area contributed by atoms with Gasteiger partial charge in [-0.2, -0.15) is 13.2 Å². The first-order chi connectivity index (χ1) is 20.1. The summed E-state index contributed by atoms with van der Waals surface area (Å²) in [5.41, 5.74) is 2.11. The van der Waals surface area contributed by atoms with Gasteiger partial charge in [0, 0.05) is 18.5 Å². The summed E-state index contributed by atoms with van der Waals surface area (Å²) in [7, 11) is 1.49. The molecule has 42 heavy (non-hydrogen) atoms. The maximum absolute atomic E-state index is 13.9. The number of nitrogens with one attached hydrogen (secondary N) is 1. The van der Waals surface area contributed by atoms with Crippen LogP contribution in [0.25, 0.3) is 33.2 Å². The zero-order valence-corrected chi connectivity index (χ0v) is 22.2. The van der Waals surface area contributed by atoms with Gasteiger partial charge in [-0.05, 0) is 24.3 Å². The van der Waals surface area contributed by atoms with Crippen LogP contribution in [0, 0.1) is 0 Å². The summed E-state index contributed by atoms with van der Waals surface area (Å²) >= 11 is 0. The molecule has 1 fully saturated rings. The molecule has 14 heteroatoms. The number of alkyl halides is 3. The Hall–Kier alpha value is -5.14. The number of ether oxygens (including phenoxy) is 1. The third-order valence-corrected chi connectivity index (χ3v) is 7.26. The number of carbonyl (C=O) groups is 2. The highest BCUT2D eigenvalue weighted by molar-refractivity contribution is 5.85. The SMILES string of the molecule is COc1nc2ccccc2cc1-c1cnc([C@@H]2CN(C(=O)O)CCN2C(=O)Cn2c(C(F)(F)F)nc3ccccc32)[nH]1. The molecule has 5 aromatic rings. The third kappa shape index (κ3) is 4.84. The van der Waals surface area contributed by atoms with Crippen LogP contribution in [0.3, 0.4) is 0 Å². The fraction of sp³-hybridized carbons (Fsp3) is 0.250. The molecule has 2 amide bonds. The van der Waals surface area contributed by atoms with Crippen molar-refractivity contribution >= 4 is 33.9 Å². The number of fused-ring (bicyclic) bond motifs is 2. The summed E-state index contributed by atoms with van der Waals surface area (Å²) in [6.07, 6.45) is -4.44. The normalized spacial score (nSPS) is 15.9. The van der Waals surface area contributed by atoms with Gasteiger partial charge in [0.15, 0.2) is 0 Å². The number of carboxylic acid groups (broad SMARTS) is 1. The molecule has 1 saturated heterocycles. The molecule has 0 bridgehead atoms.